The molecule has 0 aliphatic carbocycles. The maximum absolute atomic E-state index is 12.9. The van der Waals surface area contributed by atoms with Gasteiger partial charge < -0.3 is 16.2 Å². The minimum atomic E-state index is -0.307. The number of rotatable bonds is 5. The molecule has 0 radical (unpaired) electrons. The molecule has 1 unspecified atom stereocenters. The topological polar surface area (TPSA) is 100 Å². The maximum atomic E-state index is 12.9. The van der Waals surface area contributed by atoms with Crippen LogP contribution >= 0.6 is 0 Å². The van der Waals surface area contributed by atoms with Gasteiger partial charge in [0.25, 0.3) is 0 Å². The fourth-order valence-corrected chi connectivity index (χ4v) is 2.63. The van der Waals surface area contributed by atoms with Crippen molar-refractivity contribution in [2.75, 3.05) is 30.7 Å². The van der Waals surface area contributed by atoms with Gasteiger partial charge in [-0.2, -0.15) is 15.0 Å². The maximum Gasteiger partial charge on any atom is 0.232 e. The van der Waals surface area contributed by atoms with Crippen LogP contribution in [0.5, 0.6) is 0 Å². The number of nitrogens with zero attached hydrogens (tertiary/aromatic N) is 4. The van der Waals surface area contributed by atoms with E-state index < -0.39 is 0 Å². The predicted octanol–water partition coefficient (Wildman–Crippen LogP) is 1.15. The number of nitrogens with two attached hydrogens (primary N) is 1. The van der Waals surface area contributed by atoms with E-state index in [2.05, 4.69) is 25.2 Å². The van der Waals surface area contributed by atoms with Crippen molar-refractivity contribution >= 4 is 17.6 Å². The Hall–Kier alpha value is -2.32. The molecular weight excluding hydrogens is 299 g/mol. The summed E-state index contributed by atoms with van der Waals surface area (Å²) < 4.78 is 12.9. The van der Waals surface area contributed by atoms with Crippen LogP contribution in [0.4, 0.5) is 22.0 Å². The van der Waals surface area contributed by atoms with Gasteiger partial charge in [-0.25, -0.2) is 4.39 Å². The average Bonchev–Trinajstić information content (AvgIpc) is 2.96. The number of anilines is 3. The molecular formula is C15H19FN6O. The van der Waals surface area contributed by atoms with Gasteiger partial charge in [-0.3, -0.25) is 4.90 Å². The molecule has 7 nitrogen and oxygen atoms in total. The van der Waals surface area contributed by atoms with Crippen molar-refractivity contribution in [2.45, 2.75) is 13.0 Å². The highest BCUT2D eigenvalue weighted by Crippen LogP contribution is 2.18. The highest BCUT2D eigenvalue weighted by atomic mass is 19.1. The van der Waals surface area contributed by atoms with Gasteiger partial charge in [-0.05, 0) is 43.1 Å². The van der Waals surface area contributed by atoms with E-state index in [1.54, 1.807) is 12.1 Å². The number of hydrogen-bond acceptors (Lipinski definition) is 7. The molecule has 0 saturated carbocycles. The number of benzene rings is 1. The van der Waals surface area contributed by atoms with Crippen LogP contribution in [0.3, 0.4) is 0 Å². The fourth-order valence-electron chi connectivity index (χ4n) is 2.63. The van der Waals surface area contributed by atoms with Gasteiger partial charge in [0.2, 0.25) is 11.9 Å². The Kier molecular flexibility index (Phi) is 4.63. The molecule has 2 aromatic rings. The summed E-state index contributed by atoms with van der Waals surface area (Å²) in [5, 5.41) is 12.2. The summed E-state index contributed by atoms with van der Waals surface area (Å²) in [5.41, 5.74) is 6.41. The molecule has 1 saturated heterocycles. The van der Waals surface area contributed by atoms with Gasteiger partial charge in [0, 0.05) is 18.8 Å². The van der Waals surface area contributed by atoms with Crippen molar-refractivity contribution in [3.63, 3.8) is 0 Å². The Morgan fingerprint density at radius 2 is 2.04 bits per heavy atom. The number of nitrogen functional groups attached to an aromatic ring is 1. The van der Waals surface area contributed by atoms with E-state index in [9.17, 15) is 9.50 Å². The summed E-state index contributed by atoms with van der Waals surface area (Å²) >= 11 is 0. The first kappa shape index (κ1) is 15.6. The van der Waals surface area contributed by atoms with Crippen LogP contribution in [0.25, 0.3) is 0 Å². The second kappa shape index (κ2) is 6.84. The van der Waals surface area contributed by atoms with Crippen LogP contribution in [0, 0.1) is 11.7 Å². The smallest absolute Gasteiger partial charge is 0.232 e. The lowest BCUT2D eigenvalue weighted by atomic mass is 10.1. The van der Waals surface area contributed by atoms with Gasteiger partial charge in [-0.15, -0.1) is 0 Å². The van der Waals surface area contributed by atoms with Gasteiger partial charge in [-0.1, -0.05) is 0 Å². The van der Waals surface area contributed by atoms with E-state index in [-0.39, 0.29) is 18.4 Å². The Morgan fingerprint density at radius 3 is 2.74 bits per heavy atom. The third-order valence-corrected chi connectivity index (χ3v) is 3.79. The molecule has 1 atom stereocenters. The van der Waals surface area contributed by atoms with Gasteiger partial charge >= 0.3 is 0 Å². The summed E-state index contributed by atoms with van der Waals surface area (Å²) in [6, 6.07) is 5.91. The lowest BCUT2D eigenvalue weighted by molar-refractivity contribution is 0.219. The van der Waals surface area contributed by atoms with Crippen molar-refractivity contribution in [1.82, 2.24) is 19.9 Å². The number of aromatic nitrogens is 3. The van der Waals surface area contributed by atoms with Gasteiger partial charge in [0.05, 0.1) is 6.54 Å². The molecule has 4 N–H and O–H groups in total. The molecule has 0 amide bonds. The molecule has 1 aromatic heterocycles. The summed E-state index contributed by atoms with van der Waals surface area (Å²) in [6.45, 7) is 2.48. The van der Waals surface area contributed by atoms with Crippen LogP contribution in [0.2, 0.25) is 0 Å². The minimum Gasteiger partial charge on any atom is -0.396 e. The quantitative estimate of drug-likeness (QED) is 0.760. The number of aliphatic hydroxyl groups excluding tert-OH is 1. The van der Waals surface area contributed by atoms with Crippen molar-refractivity contribution in [2.24, 2.45) is 5.92 Å². The molecule has 3 rings (SSSR count). The highest BCUT2D eigenvalue weighted by Gasteiger charge is 2.22. The first-order valence-corrected chi connectivity index (χ1v) is 7.48. The molecule has 0 spiro atoms. The normalized spacial score (nSPS) is 18.3. The van der Waals surface area contributed by atoms with Crippen molar-refractivity contribution < 1.29 is 9.50 Å². The lowest BCUT2D eigenvalue weighted by Gasteiger charge is -2.15. The SMILES string of the molecule is Nc1nc(CN2CCC(CO)C2)nc(Nc2ccc(F)cc2)n1. The zero-order valence-corrected chi connectivity index (χ0v) is 12.6. The third kappa shape index (κ3) is 4.11. The fraction of sp³-hybridized carbons (Fsp3) is 0.400. The van der Waals surface area contributed by atoms with Crippen LogP contribution in [-0.4, -0.2) is 44.7 Å². The molecule has 2 heterocycles. The first-order valence-electron chi connectivity index (χ1n) is 7.48. The molecule has 8 heteroatoms. The Labute approximate surface area is 133 Å². The molecule has 0 bridgehead atoms. The number of likely N-dealkylation sites (tertiary alicyclic amines) is 1. The largest absolute Gasteiger partial charge is 0.396 e. The Bertz CT molecular complexity index is 666. The van der Waals surface area contributed by atoms with Crippen molar-refractivity contribution in [3.8, 4) is 0 Å². The summed E-state index contributed by atoms with van der Waals surface area (Å²) in [4.78, 5) is 14.7. The number of aliphatic hydroxyl groups is 1. The van der Waals surface area contributed by atoms with Crippen LogP contribution < -0.4 is 11.1 Å². The summed E-state index contributed by atoms with van der Waals surface area (Å²) in [7, 11) is 0. The van der Waals surface area contributed by atoms with E-state index in [0.29, 0.717) is 29.9 Å². The first-order chi connectivity index (χ1) is 11.1. The zero-order valence-electron chi connectivity index (χ0n) is 12.6. The summed E-state index contributed by atoms with van der Waals surface area (Å²) in [5.74, 6) is 1.04. The predicted molar refractivity (Wildman–Crippen MR) is 84.4 cm³/mol. The van der Waals surface area contributed by atoms with E-state index in [0.717, 1.165) is 19.5 Å². The van der Waals surface area contributed by atoms with E-state index in [1.807, 2.05) is 0 Å². The molecule has 1 aromatic carbocycles. The van der Waals surface area contributed by atoms with Crippen LogP contribution in [0.1, 0.15) is 12.2 Å². The van der Waals surface area contributed by atoms with E-state index in [1.165, 1.54) is 12.1 Å². The summed E-state index contributed by atoms with van der Waals surface area (Å²) in [6.07, 6.45) is 0.970. The Balaban J connectivity index is 1.70. The Morgan fingerprint density at radius 1 is 1.26 bits per heavy atom. The third-order valence-electron chi connectivity index (χ3n) is 3.79. The van der Waals surface area contributed by atoms with E-state index >= 15 is 0 Å². The highest BCUT2D eigenvalue weighted by molar-refractivity contribution is 5.53. The minimum absolute atomic E-state index is 0.137. The number of halogens is 1. The van der Waals surface area contributed by atoms with Crippen LogP contribution in [0.15, 0.2) is 24.3 Å². The monoisotopic (exact) mass is 318 g/mol. The van der Waals surface area contributed by atoms with E-state index in [4.69, 9.17) is 5.73 Å². The zero-order chi connectivity index (χ0) is 16.2. The van der Waals surface area contributed by atoms with Crippen LogP contribution in [-0.2, 0) is 6.54 Å². The standard InChI is InChI=1S/C15H19FN6O/c16-11-1-3-12(4-2-11)18-15-20-13(19-14(17)21-15)8-22-6-5-10(7-22)9-23/h1-4,10,23H,5-9H2,(H3,17,18,19,20,21). The molecule has 122 valence electrons. The van der Waals surface area contributed by atoms with Gasteiger partial charge in [0.1, 0.15) is 11.6 Å². The van der Waals surface area contributed by atoms with Crippen molar-refractivity contribution in [1.29, 1.82) is 0 Å². The molecule has 23 heavy (non-hydrogen) atoms. The molecule has 1 fully saturated rings. The second-order valence-corrected chi connectivity index (χ2v) is 5.64. The average molecular weight is 318 g/mol. The number of hydrogen-bond donors (Lipinski definition) is 3. The molecule has 1 aliphatic rings. The molecule has 1 aliphatic heterocycles. The number of nitrogens with one attached hydrogen (secondary N) is 1. The van der Waals surface area contributed by atoms with Crippen molar-refractivity contribution in [3.05, 3.63) is 35.9 Å². The second-order valence-electron chi connectivity index (χ2n) is 5.64. The lowest BCUT2D eigenvalue weighted by Crippen LogP contribution is -2.23. The van der Waals surface area contributed by atoms with Gasteiger partial charge in [0.15, 0.2) is 0 Å².